The molecule has 0 atom stereocenters. The Morgan fingerprint density at radius 3 is 2.06 bits per heavy atom. The van der Waals surface area contributed by atoms with E-state index in [1.165, 1.54) is 0 Å². The summed E-state index contributed by atoms with van der Waals surface area (Å²) in [6.07, 6.45) is 5.57. The monoisotopic (exact) mass is 421 g/mol. The van der Waals surface area contributed by atoms with Crippen LogP contribution in [0.25, 0.3) is 11.1 Å². The third-order valence-corrected chi connectivity index (χ3v) is 4.95. The quantitative estimate of drug-likeness (QED) is 0.332. The van der Waals surface area contributed by atoms with Crippen molar-refractivity contribution in [2.24, 2.45) is 0 Å². The van der Waals surface area contributed by atoms with E-state index < -0.39 is 0 Å². The van der Waals surface area contributed by atoms with E-state index in [2.05, 4.69) is 10.9 Å². The molecule has 4 heteroatoms. The summed E-state index contributed by atoms with van der Waals surface area (Å²) in [5.41, 5.74) is 4.54. The molecule has 0 saturated carbocycles. The third-order valence-electron chi connectivity index (χ3n) is 4.95. The average Bonchev–Trinajstić information content (AvgIpc) is 2.87. The highest BCUT2D eigenvalue weighted by Crippen LogP contribution is 2.34. The number of aromatic nitrogens is 1. The van der Waals surface area contributed by atoms with E-state index in [1.807, 2.05) is 91.0 Å². The van der Waals surface area contributed by atoms with Crippen LogP contribution in [0.5, 0.6) is 17.5 Å². The number of pyridine rings is 1. The molecule has 0 aliphatic carbocycles. The number of terminal acetylenes is 1. The number of ether oxygens (including phenoxy) is 3. The maximum absolute atomic E-state index is 6.13. The highest BCUT2D eigenvalue weighted by Gasteiger charge is 2.13. The molecule has 4 rings (SSSR count). The van der Waals surface area contributed by atoms with Crippen LogP contribution in [0.3, 0.4) is 0 Å². The van der Waals surface area contributed by atoms with Gasteiger partial charge in [-0.25, -0.2) is 0 Å². The molecule has 0 aliphatic heterocycles. The van der Waals surface area contributed by atoms with Crippen LogP contribution in [0.15, 0.2) is 91.0 Å². The average molecular weight is 421 g/mol. The Balaban J connectivity index is 1.64. The maximum atomic E-state index is 6.13. The van der Waals surface area contributed by atoms with Gasteiger partial charge in [-0.1, -0.05) is 72.7 Å². The fraction of sp³-hybridized carbons (Fsp3) is 0.107. The standard InChI is InChI=1S/C28H23NO3/c1-3-23-14-15-24(18-26(23)30-2)25-16-17-27(31-19-21-10-6-4-7-11-21)29-28(25)32-20-22-12-8-5-9-13-22/h1,4-18H,19-20H2,2H3. The van der Waals surface area contributed by atoms with Crippen LogP contribution in [0.1, 0.15) is 16.7 Å². The molecule has 0 amide bonds. The van der Waals surface area contributed by atoms with Crippen molar-refractivity contribution in [1.82, 2.24) is 4.98 Å². The minimum Gasteiger partial charge on any atom is -0.495 e. The molecule has 4 nitrogen and oxygen atoms in total. The van der Waals surface area contributed by atoms with E-state index in [0.29, 0.717) is 36.3 Å². The fourth-order valence-corrected chi connectivity index (χ4v) is 3.27. The van der Waals surface area contributed by atoms with Gasteiger partial charge < -0.3 is 14.2 Å². The van der Waals surface area contributed by atoms with E-state index in [4.69, 9.17) is 20.6 Å². The Morgan fingerprint density at radius 1 is 0.781 bits per heavy atom. The fourth-order valence-electron chi connectivity index (χ4n) is 3.27. The summed E-state index contributed by atoms with van der Waals surface area (Å²) >= 11 is 0. The Morgan fingerprint density at radius 2 is 1.44 bits per heavy atom. The van der Waals surface area contributed by atoms with Crippen LogP contribution >= 0.6 is 0 Å². The van der Waals surface area contributed by atoms with Crippen molar-refractivity contribution in [2.75, 3.05) is 7.11 Å². The van der Waals surface area contributed by atoms with E-state index in [9.17, 15) is 0 Å². The van der Waals surface area contributed by atoms with Gasteiger partial charge in [-0.2, -0.15) is 4.98 Å². The van der Waals surface area contributed by atoms with Gasteiger partial charge >= 0.3 is 0 Å². The lowest BCUT2D eigenvalue weighted by atomic mass is 10.0. The molecule has 0 N–H and O–H groups in total. The summed E-state index contributed by atoms with van der Waals surface area (Å²) in [5.74, 6) is 4.24. The zero-order chi connectivity index (χ0) is 22.2. The topological polar surface area (TPSA) is 40.6 Å². The number of methoxy groups -OCH3 is 1. The van der Waals surface area contributed by atoms with Gasteiger partial charge in [0.05, 0.1) is 12.7 Å². The Labute approximate surface area is 188 Å². The molecule has 4 aromatic rings. The van der Waals surface area contributed by atoms with E-state index in [0.717, 1.165) is 22.3 Å². The predicted molar refractivity (Wildman–Crippen MR) is 126 cm³/mol. The van der Waals surface area contributed by atoms with Crippen LogP contribution in [0.2, 0.25) is 0 Å². The highest BCUT2D eigenvalue weighted by molar-refractivity contribution is 5.72. The molecule has 0 spiro atoms. The van der Waals surface area contributed by atoms with E-state index >= 15 is 0 Å². The molecule has 1 aromatic heterocycles. The van der Waals surface area contributed by atoms with Crippen molar-refractivity contribution < 1.29 is 14.2 Å². The number of hydrogen-bond acceptors (Lipinski definition) is 4. The van der Waals surface area contributed by atoms with Crippen molar-refractivity contribution in [3.05, 3.63) is 108 Å². The molecule has 0 saturated heterocycles. The van der Waals surface area contributed by atoms with Crippen molar-refractivity contribution in [1.29, 1.82) is 0 Å². The van der Waals surface area contributed by atoms with Crippen molar-refractivity contribution in [3.8, 4) is 41.0 Å². The Bertz CT molecular complexity index is 1210. The molecule has 0 fully saturated rings. The van der Waals surface area contributed by atoms with Crippen LogP contribution in [-0.2, 0) is 13.2 Å². The summed E-state index contributed by atoms with van der Waals surface area (Å²) in [5, 5.41) is 0. The van der Waals surface area contributed by atoms with Gasteiger partial charge in [0.1, 0.15) is 19.0 Å². The maximum Gasteiger partial charge on any atom is 0.225 e. The lowest BCUT2D eigenvalue weighted by molar-refractivity contribution is 0.268. The van der Waals surface area contributed by atoms with Crippen LogP contribution in [0, 0.1) is 12.3 Å². The number of nitrogens with zero attached hydrogens (tertiary/aromatic N) is 1. The summed E-state index contributed by atoms with van der Waals surface area (Å²) in [7, 11) is 1.60. The number of rotatable bonds is 8. The largest absolute Gasteiger partial charge is 0.495 e. The Hall–Kier alpha value is -4.23. The zero-order valence-corrected chi connectivity index (χ0v) is 17.8. The molecule has 158 valence electrons. The molecular weight excluding hydrogens is 398 g/mol. The lowest BCUT2D eigenvalue weighted by Crippen LogP contribution is -2.02. The van der Waals surface area contributed by atoms with Gasteiger partial charge in [0.25, 0.3) is 0 Å². The number of benzene rings is 3. The summed E-state index contributed by atoms with van der Waals surface area (Å²) in [6.45, 7) is 0.818. The molecule has 0 aliphatic rings. The van der Waals surface area contributed by atoms with Gasteiger partial charge in [-0.05, 0) is 34.9 Å². The molecule has 3 aromatic carbocycles. The molecule has 0 unspecified atom stereocenters. The molecule has 32 heavy (non-hydrogen) atoms. The van der Waals surface area contributed by atoms with Gasteiger partial charge in [0, 0.05) is 11.6 Å². The summed E-state index contributed by atoms with van der Waals surface area (Å²) < 4.78 is 17.5. The normalized spacial score (nSPS) is 10.2. The molecule has 1 heterocycles. The second-order valence-electron chi connectivity index (χ2n) is 7.11. The summed E-state index contributed by atoms with van der Waals surface area (Å²) in [4.78, 5) is 4.65. The predicted octanol–water partition coefficient (Wildman–Crippen LogP) is 5.90. The first-order valence-corrected chi connectivity index (χ1v) is 10.3. The van der Waals surface area contributed by atoms with Crippen LogP contribution < -0.4 is 14.2 Å². The molecular formula is C28H23NO3. The first-order chi connectivity index (χ1) is 15.8. The zero-order valence-electron chi connectivity index (χ0n) is 17.8. The number of hydrogen-bond donors (Lipinski definition) is 0. The van der Waals surface area contributed by atoms with Gasteiger partial charge in [0.2, 0.25) is 11.8 Å². The van der Waals surface area contributed by atoms with Gasteiger partial charge in [-0.3, -0.25) is 0 Å². The van der Waals surface area contributed by atoms with Crippen molar-refractivity contribution in [3.63, 3.8) is 0 Å². The summed E-state index contributed by atoms with van der Waals surface area (Å²) in [6, 6.07) is 29.4. The lowest BCUT2D eigenvalue weighted by Gasteiger charge is -2.14. The minimum atomic E-state index is 0.391. The molecule has 0 bridgehead atoms. The van der Waals surface area contributed by atoms with E-state index in [-0.39, 0.29) is 0 Å². The highest BCUT2D eigenvalue weighted by atomic mass is 16.5. The smallest absolute Gasteiger partial charge is 0.225 e. The molecule has 0 radical (unpaired) electrons. The van der Waals surface area contributed by atoms with Crippen molar-refractivity contribution >= 4 is 0 Å². The second-order valence-corrected chi connectivity index (χ2v) is 7.11. The first kappa shape index (κ1) is 21.0. The van der Waals surface area contributed by atoms with Crippen LogP contribution in [-0.4, -0.2) is 12.1 Å². The van der Waals surface area contributed by atoms with Gasteiger partial charge in [-0.15, -0.1) is 6.42 Å². The Kier molecular flexibility index (Phi) is 6.69. The third kappa shape index (κ3) is 5.08. The van der Waals surface area contributed by atoms with Crippen molar-refractivity contribution in [2.45, 2.75) is 13.2 Å². The first-order valence-electron chi connectivity index (χ1n) is 10.3. The SMILES string of the molecule is C#Cc1ccc(-c2ccc(OCc3ccccc3)nc2OCc2ccccc2)cc1OC. The van der Waals surface area contributed by atoms with Crippen LogP contribution in [0.4, 0.5) is 0 Å². The van der Waals surface area contributed by atoms with Gasteiger partial charge in [0.15, 0.2) is 0 Å². The second kappa shape index (κ2) is 10.2. The van der Waals surface area contributed by atoms with E-state index in [1.54, 1.807) is 7.11 Å². The minimum absolute atomic E-state index is 0.391.